The Balaban J connectivity index is 1.40. The minimum Gasteiger partial charge on any atom is -0.490 e. The maximum atomic E-state index is 13.6. The Morgan fingerprint density at radius 3 is 2.62 bits per heavy atom. The van der Waals surface area contributed by atoms with Crippen LogP contribution in [0.15, 0.2) is 108 Å². The Morgan fingerprint density at radius 1 is 1.00 bits per heavy atom. The molecule has 0 radical (unpaired) electrons. The van der Waals surface area contributed by atoms with E-state index in [0.29, 0.717) is 62.0 Å². The zero-order chi connectivity index (χ0) is 29.2. The van der Waals surface area contributed by atoms with Gasteiger partial charge in [0.1, 0.15) is 12.2 Å². The molecule has 2 aromatic heterocycles. The summed E-state index contributed by atoms with van der Waals surface area (Å²) in [5, 5.41) is 6.56. The summed E-state index contributed by atoms with van der Waals surface area (Å²) in [6.45, 7) is 2.67. The van der Waals surface area contributed by atoms with Crippen molar-refractivity contribution in [3.05, 3.63) is 120 Å². The lowest BCUT2D eigenvalue weighted by Gasteiger charge is -2.15. The van der Waals surface area contributed by atoms with Crippen molar-refractivity contribution in [2.45, 2.75) is 13.5 Å². The van der Waals surface area contributed by atoms with Gasteiger partial charge in [-0.15, -0.1) is 0 Å². The number of fused-ring (bicyclic) bond motifs is 2. The van der Waals surface area contributed by atoms with Crippen molar-refractivity contribution in [2.75, 3.05) is 6.61 Å². The summed E-state index contributed by atoms with van der Waals surface area (Å²) in [5.41, 5.74) is 2.55. The highest BCUT2D eigenvalue weighted by Crippen LogP contribution is 2.37. The second-order valence-corrected chi connectivity index (χ2v) is 11.5. The van der Waals surface area contributed by atoms with Crippen molar-refractivity contribution >= 4 is 71.5 Å². The molecule has 10 heteroatoms. The molecule has 0 saturated heterocycles. The van der Waals surface area contributed by atoms with Gasteiger partial charge in [-0.2, -0.15) is 9.78 Å². The Labute approximate surface area is 262 Å². The molecule has 0 unspecified atom stereocenters. The largest absolute Gasteiger partial charge is 0.490 e. The van der Waals surface area contributed by atoms with Crippen LogP contribution in [0.1, 0.15) is 18.1 Å². The van der Waals surface area contributed by atoms with Gasteiger partial charge >= 0.3 is 0 Å². The van der Waals surface area contributed by atoms with Crippen molar-refractivity contribution in [3.63, 3.8) is 0 Å². The van der Waals surface area contributed by atoms with E-state index >= 15 is 0 Å². The SMILES string of the molecule is CCOc1cc(C=Nn2c(-c3cc4cc(Br)ccc4o3)nc3ccccc3c2=O)cc(Br)c1OCc1ccc(Cl)cc1. The van der Waals surface area contributed by atoms with E-state index in [4.69, 9.17) is 30.5 Å². The average Bonchev–Trinajstić information content (AvgIpc) is 3.40. The number of nitrogens with zero attached hydrogens (tertiary/aromatic N) is 3. The van der Waals surface area contributed by atoms with Crippen LogP contribution < -0.4 is 15.0 Å². The third-order valence-corrected chi connectivity index (χ3v) is 7.74. The minimum atomic E-state index is -0.319. The van der Waals surface area contributed by atoms with Crippen molar-refractivity contribution in [2.24, 2.45) is 5.10 Å². The molecule has 0 spiro atoms. The number of ether oxygens (including phenoxy) is 2. The van der Waals surface area contributed by atoms with Gasteiger partial charge < -0.3 is 13.9 Å². The van der Waals surface area contributed by atoms with Crippen LogP contribution >= 0.6 is 43.5 Å². The molecular weight excluding hydrogens is 686 g/mol. The molecule has 6 aromatic rings. The third kappa shape index (κ3) is 5.86. The first-order valence-electron chi connectivity index (χ1n) is 13.0. The number of halogens is 3. The monoisotopic (exact) mass is 705 g/mol. The number of hydrogen-bond acceptors (Lipinski definition) is 6. The lowest BCUT2D eigenvalue weighted by molar-refractivity contribution is 0.267. The predicted molar refractivity (Wildman–Crippen MR) is 173 cm³/mol. The van der Waals surface area contributed by atoms with E-state index in [2.05, 4.69) is 37.0 Å². The van der Waals surface area contributed by atoms with Gasteiger partial charge in [-0.05, 0) is 94.6 Å². The molecule has 4 aromatic carbocycles. The van der Waals surface area contributed by atoms with Crippen LogP contribution in [0, 0.1) is 0 Å². The molecule has 0 aliphatic heterocycles. The molecule has 0 N–H and O–H groups in total. The maximum absolute atomic E-state index is 13.6. The molecule has 0 aliphatic carbocycles. The van der Waals surface area contributed by atoms with Crippen molar-refractivity contribution in [1.82, 2.24) is 9.66 Å². The molecule has 0 atom stereocenters. The zero-order valence-corrected chi connectivity index (χ0v) is 26.1. The van der Waals surface area contributed by atoms with Gasteiger partial charge in [-0.25, -0.2) is 4.98 Å². The number of benzene rings is 4. The summed E-state index contributed by atoms with van der Waals surface area (Å²) < 4.78 is 20.9. The number of furan rings is 1. The highest BCUT2D eigenvalue weighted by atomic mass is 79.9. The van der Waals surface area contributed by atoms with Gasteiger partial charge in [0.2, 0.25) is 5.82 Å². The average molecular weight is 708 g/mol. The third-order valence-electron chi connectivity index (χ3n) is 6.40. The fourth-order valence-electron chi connectivity index (χ4n) is 4.44. The summed E-state index contributed by atoms with van der Waals surface area (Å²) in [7, 11) is 0. The van der Waals surface area contributed by atoms with Crippen molar-refractivity contribution in [3.8, 4) is 23.1 Å². The van der Waals surface area contributed by atoms with Gasteiger partial charge in [0.05, 0.1) is 28.2 Å². The number of rotatable bonds is 8. The molecular formula is C32H22Br2ClN3O4. The summed E-state index contributed by atoms with van der Waals surface area (Å²) in [6, 6.07) is 25.8. The summed E-state index contributed by atoms with van der Waals surface area (Å²) in [5.74, 6) is 1.80. The molecule has 210 valence electrons. The molecule has 0 fully saturated rings. The van der Waals surface area contributed by atoms with E-state index < -0.39 is 0 Å². The lowest BCUT2D eigenvalue weighted by Crippen LogP contribution is -2.20. The molecule has 2 heterocycles. The zero-order valence-electron chi connectivity index (χ0n) is 22.2. The first-order valence-corrected chi connectivity index (χ1v) is 14.9. The topological polar surface area (TPSA) is 78.9 Å². The second-order valence-electron chi connectivity index (χ2n) is 9.29. The van der Waals surface area contributed by atoms with Gasteiger partial charge in [-0.1, -0.05) is 51.8 Å². The van der Waals surface area contributed by atoms with Gasteiger partial charge in [0.25, 0.3) is 5.56 Å². The number of aromatic nitrogens is 2. The summed E-state index contributed by atoms with van der Waals surface area (Å²) >= 11 is 13.1. The van der Waals surface area contributed by atoms with E-state index in [1.165, 1.54) is 4.68 Å². The first kappa shape index (κ1) is 28.2. The van der Waals surface area contributed by atoms with Gasteiger partial charge in [-0.3, -0.25) is 4.79 Å². The predicted octanol–water partition coefficient (Wildman–Crippen LogP) is 8.85. The Bertz CT molecular complexity index is 2020. The number of hydrogen-bond donors (Lipinski definition) is 0. The van der Waals surface area contributed by atoms with E-state index in [-0.39, 0.29) is 11.4 Å². The molecule has 0 amide bonds. The Morgan fingerprint density at radius 2 is 1.81 bits per heavy atom. The second kappa shape index (κ2) is 12.1. The molecule has 0 saturated carbocycles. The highest BCUT2D eigenvalue weighted by Gasteiger charge is 2.17. The maximum Gasteiger partial charge on any atom is 0.282 e. The molecule has 42 heavy (non-hydrogen) atoms. The van der Waals surface area contributed by atoms with E-state index in [0.717, 1.165) is 15.4 Å². The first-order chi connectivity index (χ1) is 20.4. The van der Waals surface area contributed by atoms with Crippen LogP contribution in [0.4, 0.5) is 0 Å². The van der Waals surface area contributed by atoms with Gasteiger partial charge in [0.15, 0.2) is 17.3 Å². The molecule has 0 aliphatic rings. The van der Waals surface area contributed by atoms with Gasteiger partial charge in [0, 0.05) is 14.9 Å². The fourth-order valence-corrected chi connectivity index (χ4v) is 5.52. The Hall–Kier alpha value is -3.92. The van der Waals surface area contributed by atoms with Crippen LogP contribution in [0.3, 0.4) is 0 Å². The lowest BCUT2D eigenvalue weighted by atomic mass is 10.2. The fraction of sp³-hybridized carbons (Fsp3) is 0.0938. The number of para-hydroxylation sites is 1. The normalized spacial score (nSPS) is 11.5. The quantitative estimate of drug-likeness (QED) is 0.148. The summed E-state index contributed by atoms with van der Waals surface area (Å²) in [4.78, 5) is 18.4. The van der Waals surface area contributed by atoms with Crippen LogP contribution in [0.2, 0.25) is 5.02 Å². The summed E-state index contributed by atoms with van der Waals surface area (Å²) in [6.07, 6.45) is 1.58. The standard InChI is InChI=1S/C32H22Br2ClN3O4/c1-2-40-28-14-20(13-25(34)30(28)41-18-19-7-10-23(35)11-8-19)17-36-38-31(37-26-6-4-3-5-24(26)32(38)39)29-16-21-15-22(33)9-12-27(21)42-29/h3-17H,2,18H2,1H3. The molecule has 0 bridgehead atoms. The van der Waals surface area contributed by atoms with E-state index in [1.54, 1.807) is 24.4 Å². The van der Waals surface area contributed by atoms with E-state index in [9.17, 15) is 4.79 Å². The van der Waals surface area contributed by atoms with Crippen molar-refractivity contribution < 1.29 is 13.9 Å². The van der Waals surface area contributed by atoms with Crippen LogP contribution in [0.25, 0.3) is 33.5 Å². The minimum absolute atomic E-state index is 0.286. The molecule has 7 nitrogen and oxygen atoms in total. The van der Waals surface area contributed by atoms with Crippen LogP contribution in [0.5, 0.6) is 11.5 Å². The van der Waals surface area contributed by atoms with E-state index in [1.807, 2.05) is 73.7 Å². The van der Waals surface area contributed by atoms with Crippen LogP contribution in [-0.4, -0.2) is 22.5 Å². The van der Waals surface area contributed by atoms with Crippen molar-refractivity contribution in [1.29, 1.82) is 0 Å². The smallest absolute Gasteiger partial charge is 0.282 e. The Kier molecular flexibility index (Phi) is 8.15. The van der Waals surface area contributed by atoms with Crippen LogP contribution in [-0.2, 0) is 6.61 Å². The molecule has 6 rings (SSSR count). The highest BCUT2D eigenvalue weighted by molar-refractivity contribution is 9.10.